The van der Waals surface area contributed by atoms with E-state index in [-0.39, 0.29) is 30.4 Å². The number of amides is 3. The molecule has 2 rings (SSSR count). The van der Waals surface area contributed by atoms with Crippen molar-refractivity contribution in [2.45, 2.75) is 52.5 Å². The summed E-state index contributed by atoms with van der Waals surface area (Å²) >= 11 is 0. The molecule has 0 spiro atoms. The number of piperidine rings is 2. The lowest BCUT2D eigenvalue weighted by Gasteiger charge is -2.37. The minimum absolute atomic E-state index is 0.0520. The van der Waals surface area contributed by atoms with Crippen molar-refractivity contribution in [2.24, 2.45) is 17.8 Å². The van der Waals surface area contributed by atoms with Crippen molar-refractivity contribution in [2.75, 3.05) is 26.2 Å². The second-order valence-electron chi connectivity index (χ2n) is 7.98. The third kappa shape index (κ3) is 5.61. The maximum atomic E-state index is 12.5. The lowest BCUT2D eigenvalue weighted by Crippen LogP contribution is -2.54. The van der Waals surface area contributed by atoms with Crippen LogP contribution in [0.3, 0.4) is 0 Å². The van der Waals surface area contributed by atoms with Crippen LogP contribution in [0.1, 0.15) is 46.5 Å². The van der Waals surface area contributed by atoms with E-state index in [4.69, 9.17) is 0 Å². The van der Waals surface area contributed by atoms with Gasteiger partial charge in [0.25, 0.3) is 0 Å². The molecule has 2 atom stereocenters. The first-order valence-electron chi connectivity index (χ1n) is 9.32. The van der Waals surface area contributed by atoms with Gasteiger partial charge in [-0.2, -0.15) is 0 Å². The van der Waals surface area contributed by atoms with Crippen LogP contribution in [0.2, 0.25) is 0 Å². The van der Waals surface area contributed by atoms with Crippen molar-refractivity contribution in [3.05, 3.63) is 0 Å². The van der Waals surface area contributed by atoms with Gasteiger partial charge >= 0.3 is 12.0 Å². The molecule has 2 heterocycles. The van der Waals surface area contributed by atoms with Crippen LogP contribution in [0.5, 0.6) is 0 Å². The number of nitrogens with zero attached hydrogens (tertiary/aromatic N) is 2. The molecule has 142 valence electrons. The monoisotopic (exact) mass is 353 g/mol. The van der Waals surface area contributed by atoms with Gasteiger partial charge in [0.15, 0.2) is 0 Å². The number of hydrogen-bond acceptors (Lipinski definition) is 3. The van der Waals surface area contributed by atoms with Crippen LogP contribution < -0.4 is 5.32 Å². The Bertz CT molecular complexity index is 501. The van der Waals surface area contributed by atoms with Crippen molar-refractivity contribution in [3.63, 3.8) is 0 Å². The molecule has 0 aromatic carbocycles. The summed E-state index contributed by atoms with van der Waals surface area (Å²) < 4.78 is 0. The Kier molecular flexibility index (Phi) is 6.67. The van der Waals surface area contributed by atoms with Crippen molar-refractivity contribution < 1.29 is 19.5 Å². The van der Waals surface area contributed by atoms with E-state index in [2.05, 4.69) is 5.32 Å². The highest BCUT2D eigenvalue weighted by atomic mass is 16.4. The van der Waals surface area contributed by atoms with Crippen LogP contribution in [-0.4, -0.2) is 65.0 Å². The molecule has 2 fully saturated rings. The summed E-state index contributed by atoms with van der Waals surface area (Å²) in [6, 6.07) is -0.124. The van der Waals surface area contributed by atoms with E-state index in [0.29, 0.717) is 38.4 Å². The van der Waals surface area contributed by atoms with Gasteiger partial charge < -0.3 is 20.2 Å². The normalized spacial score (nSPS) is 25.1. The maximum absolute atomic E-state index is 12.5. The molecule has 3 amide bonds. The molecule has 0 bridgehead atoms. The summed E-state index contributed by atoms with van der Waals surface area (Å²) in [6.45, 7) is 8.27. The Balaban J connectivity index is 1.80. The highest BCUT2D eigenvalue weighted by Crippen LogP contribution is 2.22. The van der Waals surface area contributed by atoms with Crippen molar-refractivity contribution >= 4 is 17.9 Å². The molecule has 2 aliphatic rings. The number of urea groups is 1. The molecule has 0 aromatic heterocycles. The fraction of sp³-hybridized carbons (Fsp3) is 0.833. The average molecular weight is 353 g/mol. The summed E-state index contributed by atoms with van der Waals surface area (Å²) in [5.74, 6) is -0.579. The first-order valence-corrected chi connectivity index (χ1v) is 9.32. The fourth-order valence-electron chi connectivity index (χ4n) is 3.71. The second kappa shape index (κ2) is 8.54. The van der Waals surface area contributed by atoms with Gasteiger partial charge in [0, 0.05) is 38.6 Å². The number of rotatable bonds is 4. The van der Waals surface area contributed by atoms with E-state index in [9.17, 15) is 19.5 Å². The molecule has 25 heavy (non-hydrogen) atoms. The predicted octanol–water partition coefficient (Wildman–Crippen LogP) is 1.78. The number of likely N-dealkylation sites (tertiary alicyclic amines) is 2. The van der Waals surface area contributed by atoms with Gasteiger partial charge in [0.1, 0.15) is 0 Å². The number of carbonyl (C=O) groups is 3. The summed E-state index contributed by atoms with van der Waals surface area (Å²) in [7, 11) is 0. The molecular weight excluding hydrogens is 322 g/mol. The lowest BCUT2D eigenvalue weighted by atomic mass is 9.91. The van der Waals surface area contributed by atoms with Crippen LogP contribution in [0, 0.1) is 17.8 Å². The van der Waals surface area contributed by atoms with E-state index in [1.807, 2.05) is 25.7 Å². The molecule has 2 aliphatic heterocycles. The average Bonchev–Trinajstić information content (AvgIpc) is 2.54. The standard InChI is InChI=1S/C18H31N3O4/c1-12(2)8-16(22)20-6-4-15(5-7-20)19-18(25)21-10-13(3)9-14(11-21)17(23)24/h12-15H,4-11H2,1-3H3,(H,19,25)(H,23,24). The number of nitrogens with one attached hydrogen (secondary N) is 1. The van der Waals surface area contributed by atoms with Gasteiger partial charge in [-0.05, 0) is 31.1 Å². The molecule has 0 aliphatic carbocycles. The lowest BCUT2D eigenvalue weighted by molar-refractivity contribution is -0.143. The Labute approximate surface area is 149 Å². The summed E-state index contributed by atoms with van der Waals surface area (Å²) in [6.07, 6.45) is 2.69. The SMILES string of the molecule is CC(C)CC(=O)N1CCC(NC(=O)N2CC(C)CC(C(=O)O)C2)CC1. The van der Waals surface area contributed by atoms with Crippen LogP contribution >= 0.6 is 0 Å². The molecule has 0 radical (unpaired) electrons. The third-order valence-corrected chi connectivity index (χ3v) is 5.05. The number of aliphatic carboxylic acids is 1. The van der Waals surface area contributed by atoms with Gasteiger partial charge in [-0.15, -0.1) is 0 Å². The zero-order valence-corrected chi connectivity index (χ0v) is 15.5. The van der Waals surface area contributed by atoms with Crippen molar-refractivity contribution in [1.82, 2.24) is 15.1 Å². The smallest absolute Gasteiger partial charge is 0.317 e. The summed E-state index contributed by atoms with van der Waals surface area (Å²) in [4.78, 5) is 39.3. The number of carboxylic acid groups (broad SMARTS) is 1. The minimum Gasteiger partial charge on any atom is -0.481 e. The van der Waals surface area contributed by atoms with E-state index in [1.54, 1.807) is 4.90 Å². The van der Waals surface area contributed by atoms with E-state index in [1.165, 1.54) is 0 Å². The fourth-order valence-corrected chi connectivity index (χ4v) is 3.71. The second-order valence-corrected chi connectivity index (χ2v) is 7.98. The highest BCUT2D eigenvalue weighted by Gasteiger charge is 2.33. The summed E-state index contributed by atoms with van der Waals surface area (Å²) in [5, 5.41) is 12.2. The molecule has 2 N–H and O–H groups in total. The van der Waals surface area contributed by atoms with Crippen LogP contribution in [0.4, 0.5) is 4.79 Å². The Morgan fingerprint density at radius 1 is 1.12 bits per heavy atom. The molecule has 7 nitrogen and oxygen atoms in total. The van der Waals surface area contributed by atoms with E-state index < -0.39 is 11.9 Å². The topological polar surface area (TPSA) is 90.0 Å². The van der Waals surface area contributed by atoms with Gasteiger partial charge in [-0.25, -0.2) is 4.79 Å². The first kappa shape index (κ1) is 19.5. The predicted molar refractivity (Wildman–Crippen MR) is 94.1 cm³/mol. The zero-order valence-electron chi connectivity index (χ0n) is 15.5. The van der Waals surface area contributed by atoms with Gasteiger partial charge in [0.05, 0.1) is 5.92 Å². The van der Waals surface area contributed by atoms with Crippen molar-refractivity contribution in [1.29, 1.82) is 0 Å². The first-order chi connectivity index (χ1) is 11.8. The van der Waals surface area contributed by atoms with Crippen LogP contribution in [-0.2, 0) is 9.59 Å². The van der Waals surface area contributed by atoms with Gasteiger partial charge in [0.2, 0.25) is 5.91 Å². The summed E-state index contributed by atoms with van der Waals surface area (Å²) in [5.41, 5.74) is 0. The van der Waals surface area contributed by atoms with Gasteiger partial charge in [-0.1, -0.05) is 20.8 Å². The van der Waals surface area contributed by atoms with Crippen LogP contribution in [0.25, 0.3) is 0 Å². The van der Waals surface area contributed by atoms with Crippen LogP contribution in [0.15, 0.2) is 0 Å². The maximum Gasteiger partial charge on any atom is 0.317 e. The zero-order chi connectivity index (χ0) is 18.6. The molecule has 7 heteroatoms. The van der Waals surface area contributed by atoms with Crippen molar-refractivity contribution in [3.8, 4) is 0 Å². The molecule has 0 aromatic rings. The molecule has 2 saturated heterocycles. The number of hydrogen-bond donors (Lipinski definition) is 2. The highest BCUT2D eigenvalue weighted by molar-refractivity contribution is 5.77. The third-order valence-electron chi connectivity index (χ3n) is 5.05. The van der Waals surface area contributed by atoms with Gasteiger partial charge in [-0.3, -0.25) is 9.59 Å². The van der Waals surface area contributed by atoms with E-state index in [0.717, 1.165) is 12.8 Å². The number of carbonyl (C=O) groups excluding carboxylic acids is 2. The minimum atomic E-state index is -0.832. The molecular formula is C18H31N3O4. The number of carboxylic acids is 1. The molecule has 2 unspecified atom stereocenters. The Morgan fingerprint density at radius 3 is 2.32 bits per heavy atom. The van der Waals surface area contributed by atoms with E-state index >= 15 is 0 Å². The Morgan fingerprint density at radius 2 is 1.76 bits per heavy atom. The Hall–Kier alpha value is -1.79. The largest absolute Gasteiger partial charge is 0.481 e. The molecule has 0 saturated carbocycles. The quantitative estimate of drug-likeness (QED) is 0.806.